The molecule has 2 aromatic carbocycles. The molecule has 1 atom stereocenters. The summed E-state index contributed by atoms with van der Waals surface area (Å²) in [5, 5.41) is 5.27. The van der Waals surface area contributed by atoms with Crippen LogP contribution < -0.4 is 15.5 Å². The molecule has 0 radical (unpaired) electrons. The SMILES string of the molecule is CC(=O)N1CCc2cc(NC(=O)C[C@@H]3Sc4ccccc4NC3=O)ccc21. The van der Waals surface area contributed by atoms with Crippen LogP contribution in [-0.4, -0.2) is 29.5 Å². The molecular formula is C20H19N3O3S. The molecule has 6 nitrogen and oxygen atoms in total. The van der Waals surface area contributed by atoms with Gasteiger partial charge in [-0.25, -0.2) is 0 Å². The fourth-order valence-electron chi connectivity index (χ4n) is 3.41. The van der Waals surface area contributed by atoms with Crippen LogP contribution in [0.5, 0.6) is 0 Å². The first-order chi connectivity index (χ1) is 13.0. The molecular weight excluding hydrogens is 362 g/mol. The highest BCUT2D eigenvalue weighted by atomic mass is 32.2. The van der Waals surface area contributed by atoms with E-state index in [0.29, 0.717) is 12.2 Å². The summed E-state index contributed by atoms with van der Waals surface area (Å²) in [7, 11) is 0. The molecule has 0 spiro atoms. The molecule has 2 aliphatic rings. The third-order valence-electron chi connectivity index (χ3n) is 4.72. The van der Waals surface area contributed by atoms with E-state index in [4.69, 9.17) is 0 Å². The molecule has 3 amide bonds. The van der Waals surface area contributed by atoms with E-state index < -0.39 is 5.25 Å². The number of thioether (sulfide) groups is 1. The molecule has 0 saturated carbocycles. The maximum absolute atomic E-state index is 12.4. The van der Waals surface area contributed by atoms with E-state index in [2.05, 4.69) is 10.6 Å². The summed E-state index contributed by atoms with van der Waals surface area (Å²) < 4.78 is 0. The highest BCUT2D eigenvalue weighted by molar-refractivity contribution is 8.01. The topological polar surface area (TPSA) is 78.5 Å². The van der Waals surface area contributed by atoms with Gasteiger partial charge in [-0.05, 0) is 42.3 Å². The molecule has 0 unspecified atom stereocenters. The fraction of sp³-hybridized carbons (Fsp3) is 0.250. The third-order valence-corrected chi connectivity index (χ3v) is 5.99. The summed E-state index contributed by atoms with van der Waals surface area (Å²) in [6, 6.07) is 13.1. The molecule has 2 aliphatic heterocycles. The van der Waals surface area contributed by atoms with Gasteiger partial charge < -0.3 is 15.5 Å². The second kappa shape index (κ2) is 7.08. The minimum atomic E-state index is -0.456. The molecule has 0 saturated heterocycles. The average Bonchev–Trinajstić information content (AvgIpc) is 3.05. The molecule has 0 aliphatic carbocycles. The van der Waals surface area contributed by atoms with E-state index in [1.165, 1.54) is 11.8 Å². The van der Waals surface area contributed by atoms with Gasteiger partial charge in [-0.2, -0.15) is 0 Å². The van der Waals surface area contributed by atoms with Crippen molar-refractivity contribution < 1.29 is 14.4 Å². The van der Waals surface area contributed by atoms with Crippen molar-refractivity contribution in [1.29, 1.82) is 0 Å². The summed E-state index contributed by atoms with van der Waals surface area (Å²) in [4.78, 5) is 39.0. The van der Waals surface area contributed by atoms with E-state index in [-0.39, 0.29) is 24.1 Å². The highest BCUT2D eigenvalue weighted by Crippen LogP contribution is 2.37. The monoisotopic (exact) mass is 381 g/mol. The second-order valence-corrected chi connectivity index (χ2v) is 7.85. The van der Waals surface area contributed by atoms with Gasteiger partial charge in [0.15, 0.2) is 0 Å². The summed E-state index contributed by atoms with van der Waals surface area (Å²) in [6.45, 7) is 2.22. The minimum absolute atomic E-state index is 0.0196. The molecule has 0 bridgehead atoms. The third kappa shape index (κ3) is 3.55. The Morgan fingerprint density at radius 3 is 2.89 bits per heavy atom. The van der Waals surface area contributed by atoms with Crippen molar-refractivity contribution >= 4 is 46.5 Å². The van der Waals surface area contributed by atoms with Crippen molar-refractivity contribution in [3.63, 3.8) is 0 Å². The lowest BCUT2D eigenvalue weighted by Gasteiger charge is -2.23. The van der Waals surface area contributed by atoms with Crippen LogP contribution in [-0.2, 0) is 20.8 Å². The van der Waals surface area contributed by atoms with Gasteiger partial charge in [0, 0.05) is 36.2 Å². The fourth-order valence-corrected chi connectivity index (χ4v) is 4.52. The maximum atomic E-state index is 12.4. The molecule has 2 heterocycles. The molecule has 0 aromatic heterocycles. The lowest BCUT2D eigenvalue weighted by atomic mass is 10.1. The zero-order valence-corrected chi connectivity index (χ0v) is 15.6. The van der Waals surface area contributed by atoms with Crippen molar-refractivity contribution in [1.82, 2.24) is 0 Å². The van der Waals surface area contributed by atoms with Crippen LogP contribution >= 0.6 is 11.8 Å². The van der Waals surface area contributed by atoms with E-state index in [0.717, 1.165) is 28.3 Å². The van der Waals surface area contributed by atoms with Gasteiger partial charge in [-0.3, -0.25) is 14.4 Å². The smallest absolute Gasteiger partial charge is 0.238 e. The van der Waals surface area contributed by atoms with E-state index in [1.54, 1.807) is 17.9 Å². The molecule has 27 heavy (non-hydrogen) atoms. The van der Waals surface area contributed by atoms with Gasteiger partial charge in [-0.1, -0.05) is 12.1 Å². The molecule has 2 aromatic rings. The zero-order chi connectivity index (χ0) is 19.0. The minimum Gasteiger partial charge on any atom is -0.326 e. The number of hydrogen-bond donors (Lipinski definition) is 2. The number of anilines is 3. The van der Waals surface area contributed by atoms with Crippen LogP contribution in [0.2, 0.25) is 0 Å². The first-order valence-electron chi connectivity index (χ1n) is 8.79. The summed E-state index contributed by atoms with van der Waals surface area (Å²) in [6.07, 6.45) is 0.873. The first-order valence-corrected chi connectivity index (χ1v) is 9.66. The van der Waals surface area contributed by atoms with Crippen molar-refractivity contribution in [2.75, 3.05) is 22.1 Å². The number of rotatable bonds is 3. The van der Waals surface area contributed by atoms with Gasteiger partial charge in [0.1, 0.15) is 0 Å². The Bertz CT molecular complexity index is 944. The van der Waals surface area contributed by atoms with Crippen LogP contribution in [0.25, 0.3) is 0 Å². The van der Waals surface area contributed by atoms with Crippen LogP contribution in [0.15, 0.2) is 47.4 Å². The summed E-state index contributed by atoms with van der Waals surface area (Å²) in [5.74, 6) is -0.338. The van der Waals surface area contributed by atoms with E-state index >= 15 is 0 Å². The number of nitrogens with one attached hydrogen (secondary N) is 2. The Morgan fingerprint density at radius 1 is 1.26 bits per heavy atom. The number of fused-ring (bicyclic) bond motifs is 2. The molecule has 0 fully saturated rings. The number of benzene rings is 2. The van der Waals surface area contributed by atoms with Gasteiger partial charge >= 0.3 is 0 Å². The lowest BCUT2D eigenvalue weighted by Crippen LogP contribution is -2.32. The van der Waals surface area contributed by atoms with E-state index in [1.807, 2.05) is 36.4 Å². The molecule has 138 valence electrons. The largest absolute Gasteiger partial charge is 0.326 e. The normalized spacial score (nSPS) is 17.7. The van der Waals surface area contributed by atoms with Gasteiger partial charge in [-0.15, -0.1) is 11.8 Å². The van der Waals surface area contributed by atoms with Crippen LogP contribution in [0.1, 0.15) is 18.9 Å². The number of para-hydroxylation sites is 1. The average molecular weight is 381 g/mol. The lowest BCUT2D eigenvalue weighted by molar-refractivity contribution is -0.120. The second-order valence-electron chi connectivity index (χ2n) is 6.61. The molecule has 2 N–H and O–H groups in total. The van der Waals surface area contributed by atoms with Crippen molar-refractivity contribution in [2.24, 2.45) is 0 Å². The maximum Gasteiger partial charge on any atom is 0.238 e. The number of hydrogen-bond acceptors (Lipinski definition) is 4. The Hall–Kier alpha value is -2.80. The Kier molecular flexibility index (Phi) is 4.61. The number of carbonyl (C=O) groups is 3. The zero-order valence-electron chi connectivity index (χ0n) is 14.8. The van der Waals surface area contributed by atoms with Gasteiger partial charge in [0.2, 0.25) is 17.7 Å². The summed E-state index contributed by atoms with van der Waals surface area (Å²) in [5.41, 5.74) is 3.42. The van der Waals surface area contributed by atoms with Crippen molar-refractivity contribution in [3.8, 4) is 0 Å². The number of carbonyl (C=O) groups excluding carboxylic acids is 3. The van der Waals surface area contributed by atoms with Crippen molar-refractivity contribution in [3.05, 3.63) is 48.0 Å². The predicted octanol–water partition coefficient (Wildman–Crippen LogP) is 3.04. The standard InChI is InChI=1S/C20H19N3O3S/c1-12(24)23-9-8-13-10-14(6-7-16(13)23)21-19(25)11-18-20(26)22-15-4-2-3-5-17(15)27-18/h2-7,10,18H,8-9,11H2,1H3,(H,21,25)(H,22,26)/t18-/m0/s1. The highest BCUT2D eigenvalue weighted by Gasteiger charge is 2.29. The van der Waals surface area contributed by atoms with Gasteiger partial charge in [0.25, 0.3) is 0 Å². The molecule has 4 rings (SSSR count). The number of nitrogens with zero attached hydrogens (tertiary/aromatic N) is 1. The van der Waals surface area contributed by atoms with Crippen LogP contribution in [0.4, 0.5) is 17.1 Å². The quantitative estimate of drug-likeness (QED) is 0.857. The Balaban J connectivity index is 1.42. The van der Waals surface area contributed by atoms with Crippen LogP contribution in [0, 0.1) is 0 Å². The Morgan fingerprint density at radius 2 is 2.07 bits per heavy atom. The van der Waals surface area contributed by atoms with Crippen molar-refractivity contribution in [2.45, 2.75) is 29.9 Å². The van der Waals surface area contributed by atoms with E-state index in [9.17, 15) is 14.4 Å². The number of amides is 3. The predicted molar refractivity (Wildman–Crippen MR) is 106 cm³/mol. The van der Waals surface area contributed by atoms with Crippen LogP contribution in [0.3, 0.4) is 0 Å². The first kappa shape index (κ1) is 17.6. The summed E-state index contributed by atoms with van der Waals surface area (Å²) >= 11 is 1.41. The van der Waals surface area contributed by atoms with Gasteiger partial charge in [0.05, 0.1) is 10.9 Å². The molecule has 7 heteroatoms. The Labute approximate surface area is 161 Å².